The van der Waals surface area contributed by atoms with Crippen LogP contribution in [0.4, 0.5) is 5.13 Å². The van der Waals surface area contributed by atoms with Crippen LogP contribution < -0.4 is 11.1 Å². The number of nitrogens with zero attached hydrogens (tertiary/aromatic N) is 3. The number of aliphatic carboxylic acids is 1. The monoisotopic (exact) mass is 497 g/mol. The van der Waals surface area contributed by atoms with Crippen LogP contribution in [0.2, 0.25) is 0 Å². The lowest BCUT2D eigenvalue weighted by molar-refractivity contribution is -0.150. The summed E-state index contributed by atoms with van der Waals surface area (Å²) in [6, 6.07) is -1.01. The average Bonchev–Trinajstić information content (AvgIpc) is 3.37. The maximum atomic E-state index is 12.7. The number of anilines is 1. The SMILES string of the molecule is Nc1nc(/C(=N/O)C(=O)N[C@@H]2C(=O)N3C(C(=O)O)=C(SCC4=CCOC4=O)CS[C@@H]23)cs1. The third kappa shape index (κ3) is 3.93. The van der Waals surface area contributed by atoms with E-state index in [1.165, 1.54) is 17.1 Å². The van der Waals surface area contributed by atoms with Gasteiger partial charge in [0, 0.05) is 27.4 Å². The molecular formula is C17H15N5O7S3. The molecule has 0 unspecified atom stereocenters. The molecule has 4 rings (SSSR count). The normalized spacial score (nSPS) is 22.8. The highest BCUT2D eigenvalue weighted by Gasteiger charge is 2.54. The summed E-state index contributed by atoms with van der Waals surface area (Å²) < 4.78 is 4.83. The lowest BCUT2D eigenvalue weighted by atomic mass is 10.0. The van der Waals surface area contributed by atoms with Crippen molar-refractivity contribution in [1.29, 1.82) is 0 Å². The number of ether oxygens (including phenoxy) is 1. The highest BCUT2D eigenvalue weighted by atomic mass is 32.2. The zero-order valence-electron chi connectivity index (χ0n) is 16.0. The Morgan fingerprint density at radius 3 is 2.81 bits per heavy atom. The number of aromatic nitrogens is 1. The number of cyclic esters (lactones) is 1. The van der Waals surface area contributed by atoms with E-state index < -0.39 is 40.9 Å². The smallest absolute Gasteiger partial charge is 0.353 e. The van der Waals surface area contributed by atoms with E-state index in [0.717, 1.165) is 28.0 Å². The van der Waals surface area contributed by atoms with Crippen LogP contribution in [0.15, 0.2) is 32.8 Å². The van der Waals surface area contributed by atoms with E-state index in [9.17, 15) is 29.5 Å². The number of rotatable bonds is 7. The van der Waals surface area contributed by atoms with E-state index in [4.69, 9.17) is 10.5 Å². The van der Waals surface area contributed by atoms with Crippen LogP contribution in [-0.4, -0.2) is 79.2 Å². The van der Waals surface area contributed by atoms with Crippen LogP contribution in [0.3, 0.4) is 0 Å². The molecule has 168 valence electrons. The molecule has 0 aliphatic carbocycles. The molecule has 0 aromatic carbocycles. The molecule has 1 aromatic rings. The number of carbonyl (C=O) groups excluding carboxylic acids is 3. The van der Waals surface area contributed by atoms with E-state index in [0.29, 0.717) is 10.5 Å². The van der Waals surface area contributed by atoms with Gasteiger partial charge in [-0.25, -0.2) is 14.6 Å². The van der Waals surface area contributed by atoms with Crippen molar-refractivity contribution in [1.82, 2.24) is 15.2 Å². The molecule has 0 spiro atoms. The molecule has 1 saturated heterocycles. The topological polar surface area (TPSA) is 185 Å². The number of nitrogens with one attached hydrogen (secondary N) is 1. The van der Waals surface area contributed by atoms with Gasteiger partial charge in [0.1, 0.15) is 29.4 Å². The Kier molecular flexibility index (Phi) is 6.12. The number of hydrogen-bond donors (Lipinski definition) is 4. The van der Waals surface area contributed by atoms with Crippen LogP contribution in [-0.2, 0) is 23.9 Å². The average molecular weight is 498 g/mol. The Labute approximate surface area is 192 Å². The highest BCUT2D eigenvalue weighted by molar-refractivity contribution is 8.06. The van der Waals surface area contributed by atoms with Gasteiger partial charge < -0.3 is 26.1 Å². The van der Waals surface area contributed by atoms with Crippen LogP contribution in [0.1, 0.15) is 5.69 Å². The number of β-lactam (4-membered cyclic amide) rings is 1. The third-order valence-electron chi connectivity index (χ3n) is 4.71. The van der Waals surface area contributed by atoms with Crippen molar-refractivity contribution in [2.45, 2.75) is 11.4 Å². The first kappa shape index (κ1) is 22.2. The molecule has 3 aliphatic heterocycles. The van der Waals surface area contributed by atoms with Gasteiger partial charge in [0.05, 0.1) is 0 Å². The lowest BCUT2D eigenvalue weighted by Gasteiger charge is -2.49. The Morgan fingerprint density at radius 1 is 1.44 bits per heavy atom. The molecule has 0 radical (unpaired) electrons. The fraction of sp³-hybridized carbons (Fsp3) is 0.294. The van der Waals surface area contributed by atoms with Gasteiger partial charge in [-0.15, -0.1) is 34.9 Å². The van der Waals surface area contributed by atoms with Crippen molar-refractivity contribution >= 4 is 69.5 Å². The molecule has 1 aromatic heterocycles. The van der Waals surface area contributed by atoms with E-state index >= 15 is 0 Å². The second kappa shape index (κ2) is 8.84. The molecule has 0 bridgehead atoms. The molecule has 5 N–H and O–H groups in total. The minimum Gasteiger partial charge on any atom is -0.477 e. The summed E-state index contributed by atoms with van der Waals surface area (Å²) in [5.74, 6) is -2.67. The fourth-order valence-electron chi connectivity index (χ4n) is 3.20. The van der Waals surface area contributed by atoms with Crippen LogP contribution in [0.25, 0.3) is 0 Å². The Balaban J connectivity index is 1.47. The lowest BCUT2D eigenvalue weighted by Crippen LogP contribution is -2.71. The van der Waals surface area contributed by atoms with Gasteiger partial charge in [-0.3, -0.25) is 14.5 Å². The first-order valence-corrected chi connectivity index (χ1v) is 11.9. The summed E-state index contributed by atoms with van der Waals surface area (Å²) in [6.45, 7) is 0.189. The molecule has 12 nitrogen and oxygen atoms in total. The zero-order chi connectivity index (χ0) is 23.0. The van der Waals surface area contributed by atoms with Crippen LogP contribution in [0.5, 0.6) is 0 Å². The van der Waals surface area contributed by atoms with Gasteiger partial charge in [-0.2, -0.15) is 0 Å². The first-order valence-electron chi connectivity index (χ1n) is 8.96. The number of fused-ring (bicyclic) bond motifs is 1. The summed E-state index contributed by atoms with van der Waals surface area (Å²) in [5, 5.41) is 25.3. The van der Waals surface area contributed by atoms with E-state index in [1.807, 2.05) is 0 Å². The molecular weight excluding hydrogens is 482 g/mol. The number of hydrogen-bond acceptors (Lipinski definition) is 12. The summed E-state index contributed by atoms with van der Waals surface area (Å²) >= 11 is 3.48. The van der Waals surface area contributed by atoms with Gasteiger partial charge in [0.2, 0.25) is 0 Å². The van der Waals surface area contributed by atoms with Crippen molar-refractivity contribution < 1.29 is 34.2 Å². The Morgan fingerprint density at radius 2 is 2.22 bits per heavy atom. The maximum absolute atomic E-state index is 12.7. The second-order valence-electron chi connectivity index (χ2n) is 6.57. The number of carboxylic acid groups (broad SMARTS) is 1. The fourth-order valence-corrected chi connectivity index (χ4v) is 6.36. The predicted octanol–water partition coefficient (Wildman–Crippen LogP) is -0.184. The number of thioether (sulfide) groups is 2. The van der Waals surface area contributed by atoms with Crippen LogP contribution in [0, 0.1) is 0 Å². The number of carbonyl (C=O) groups is 4. The Hall–Kier alpha value is -3.04. The summed E-state index contributed by atoms with van der Waals surface area (Å²) in [4.78, 5) is 54.2. The predicted molar refractivity (Wildman–Crippen MR) is 116 cm³/mol. The number of esters is 1. The first-order chi connectivity index (χ1) is 15.3. The van der Waals surface area contributed by atoms with Gasteiger partial charge >= 0.3 is 11.9 Å². The molecule has 32 heavy (non-hydrogen) atoms. The number of nitrogens with two attached hydrogens (primary N) is 1. The molecule has 15 heteroatoms. The summed E-state index contributed by atoms with van der Waals surface area (Å²) in [5.41, 5.74) is 5.44. The molecule has 3 aliphatic rings. The Bertz CT molecular complexity index is 1110. The van der Waals surface area contributed by atoms with Gasteiger partial charge in [-0.1, -0.05) is 5.16 Å². The minimum absolute atomic E-state index is 0.0528. The van der Waals surface area contributed by atoms with E-state index in [-0.39, 0.29) is 34.6 Å². The number of amides is 2. The molecule has 2 amide bonds. The molecule has 1 fully saturated rings. The molecule has 4 heterocycles. The van der Waals surface area contributed by atoms with Gasteiger partial charge in [-0.05, 0) is 6.08 Å². The van der Waals surface area contributed by atoms with Crippen molar-refractivity contribution in [3.63, 3.8) is 0 Å². The van der Waals surface area contributed by atoms with Gasteiger partial charge in [0.25, 0.3) is 11.8 Å². The zero-order valence-corrected chi connectivity index (χ0v) is 18.5. The van der Waals surface area contributed by atoms with Gasteiger partial charge in [0.15, 0.2) is 10.8 Å². The van der Waals surface area contributed by atoms with E-state index in [2.05, 4.69) is 15.5 Å². The second-order valence-corrected chi connectivity index (χ2v) is 9.64. The van der Waals surface area contributed by atoms with Crippen molar-refractivity contribution in [3.05, 3.63) is 33.3 Å². The minimum atomic E-state index is -1.28. The summed E-state index contributed by atoms with van der Waals surface area (Å²) in [7, 11) is 0. The molecule has 2 atom stereocenters. The number of thiazole rings is 1. The maximum Gasteiger partial charge on any atom is 0.353 e. The van der Waals surface area contributed by atoms with Crippen molar-refractivity contribution in [2.75, 3.05) is 23.8 Å². The molecule has 0 saturated carbocycles. The standard InChI is InChI=1S/C17H15N5O7S3/c18-17-19-7(4-32-17)9(21-28)12(23)20-10-13(24)22-11(15(25)26)8(5-31-14(10)22)30-3-6-1-2-29-16(6)27/h1,4,10,14,28H,2-3,5H2,(H2,18,19)(H,20,23)(H,25,26)/b21-9-/t10-,14+/m1/s1. The number of oxime groups is 1. The van der Waals surface area contributed by atoms with Crippen LogP contribution >= 0.6 is 34.9 Å². The summed E-state index contributed by atoms with van der Waals surface area (Å²) in [6.07, 6.45) is 1.63. The van der Waals surface area contributed by atoms with Crippen molar-refractivity contribution in [3.8, 4) is 0 Å². The quantitative estimate of drug-likeness (QED) is 0.129. The highest BCUT2D eigenvalue weighted by Crippen LogP contribution is 2.43. The van der Waals surface area contributed by atoms with Crippen molar-refractivity contribution in [2.24, 2.45) is 5.16 Å². The largest absolute Gasteiger partial charge is 0.477 e. The van der Waals surface area contributed by atoms with E-state index in [1.54, 1.807) is 6.08 Å². The number of nitrogen functional groups attached to an aromatic ring is 1. The third-order valence-corrected chi connectivity index (χ3v) is 7.99. The number of carboxylic acids is 1.